The number of carbonyl (C=O) groups is 1. The summed E-state index contributed by atoms with van der Waals surface area (Å²) in [6, 6.07) is 0. The monoisotopic (exact) mass is 229 g/mol. The molecule has 2 rings (SSSR count). The van der Waals surface area contributed by atoms with Gasteiger partial charge in [0.2, 0.25) is 5.91 Å². The highest BCUT2D eigenvalue weighted by atomic mass is 16.5. The van der Waals surface area contributed by atoms with Crippen LogP contribution in [0.2, 0.25) is 0 Å². The average molecular weight is 229 g/mol. The molecule has 5 nitrogen and oxygen atoms in total. The number of amides is 1. The number of rotatable bonds is 3. The largest absolute Gasteiger partial charge is 0.394 e. The highest BCUT2D eigenvalue weighted by molar-refractivity contribution is 5.81. The number of aliphatic hydroxyl groups is 1. The third kappa shape index (κ3) is 2.53. The second-order valence-electron chi connectivity index (χ2n) is 4.54. The van der Waals surface area contributed by atoms with Crippen molar-refractivity contribution >= 4 is 5.91 Å². The van der Waals surface area contributed by atoms with Crippen LogP contribution in [0.5, 0.6) is 0 Å². The summed E-state index contributed by atoms with van der Waals surface area (Å²) in [7, 11) is 0. The molecule has 5 heteroatoms. The van der Waals surface area contributed by atoms with Gasteiger partial charge in [0.25, 0.3) is 0 Å². The molecule has 2 aliphatic rings. The molecule has 0 spiro atoms. The molecular formula is C11H19NO4. The van der Waals surface area contributed by atoms with Crippen LogP contribution in [-0.2, 0) is 14.3 Å². The van der Waals surface area contributed by atoms with Crippen molar-refractivity contribution in [1.29, 1.82) is 0 Å². The molecule has 0 bridgehead atoms. The van der Waals surface area contributed by atoms with Gasteiger partial charge in [0.1, 0.15) is 6.10 Å². The lowest BCUT2D eigenvalue weighted by Gasteiger charge is -2.36. The Morgan fingerprint density at radius 2 is 2.12 bits per heavy atom. The van der Waals surface area contributed by atoms with Gasteiger partial charge < -0.3 is 19.9 Å². The summed E-state index contributed by atoms with van der Waals surface area (Å²) in [4.78, 5) is 11.9. The van der Waals surface area contributed by atoms with Crippen LogP contribution in [0.3, 0.4) is 0 Å². The van der Waals surface area contributed by atoms with Crippen molar-refractivity contribution in [2.24, 2.45) is 0 Å². The lowest BCUT2D eigenvalue weighted by atomic mass is 9.90. The van der Waals surface area contributed by atoms with Crippen LogP contribution in [0.15, 0.2) is 0 Å². The number of aliphatic hydroxyl groups excluding tert-OH is 1. The summed E-state index contributed by atoms with van der Waals surface area (Å²) in [6.07, 6.45) is 2.73. The van der Waals surface area contributed by atoms with Crippen LogP contribution in [0.4, 0.5) is 0 Å². The summed E-state index contributed by atoms with van der Waals surface area (Å²) < 4.78 is 10.6. The molecule has 2 saturated heterocycles. The zero-order valence-electron chi connectivity index (χ0n) is 9.41. The van der Waals surface area contributed by atoms with E-state index in [-0.39, 0.29) is 18.6 Å². The minimum Gasteiger partial charge on any atom is -0.394 e. The maximum Gasteiger partial charge on any atom is 0.249 e. The van der Waals surface area contributed by atoms with Gasteiger partial charge in [-0.25, -0.2) is 0 Å². The molecule has 0 aromatic heterocycles. The minimum absolute atomic E-state index is 0.0329. The highest BCUT2D eigenvalue weighted by Crippen LogP contribution is 2.21. The van der Waals surface area contributed by atoms with Crippen LogP contribution >= 0.6 is 0 Å². The van der Waals surface area contributed by atoms with E-state index >= 15 is 0 Å². The van der Waals surface area contributed by atoms with Crippen molar-refractivity contribution in [2.75, 3.05) is 26.4 Å². The first-order valence-corrected chi connectivity index (χ1v) is 5.88. The van der Waals surface area contributed by atoms with Crippen LogP contribution in [0, 0.1) is 0 Å². The van der Waals surface area contributed by atoms with Gasteiger partial charge in [-0.2, -0.15) is 0 Å². The molecule has 16 heavy (non-hydrogen) atoms. The minimum atomic E-state index is -0.499. The van der Waals surface area contributed by atoms with Crippen molar-refractivity contribution < 1.29 is 19.4 Å². The van der Waals surface area contributed by atoms with Gasteiger partial charge in [-0.3, -0.25) is 4.79 Å². The first-order valence-electron chi connectivity index (χ1n) is 5.88. The van der Waals surface area contributed by atoms with E-state index in [1.807, 2.05) is 0 Å². The van der Waals surface area contributed by atoms with Crippen molar-refractivity contribution in [3.8, 4) is 0 Å². The number of nitrogens with one attached hydrogen (secondary N) is 1. The zero-order valence-corrected chi connectivity index (χ0v) is 9.41. The summed E-state index contributed by atoms with van der Waals surface area (Å²) in [6.45, 7) is 1.81. The fraction of sp³-hybridized carbons (Fsp3) is 0.909. The molecule has 2 fully saturated rings. The first-order chi connectivity index (χ1) is 7.76. The summed E-state index contributed by atoms with van der Waals surface area (Å²) in [5.41, 5.74) is -0.499. The second kappa shape index (κ2) is 5.12. The molecule has 0 aliphatic carbocycles. The Balaban J connectivity index is 1.91. The van der Waals surface area contributed by atoms with E-state index in [1.54, 1.807) is 0 Å². The van der Waals surface area contributed by atoms with E-state index in [0.717, 1.165) is 12.8 Å². The summed E-state index contributed by atoms with van der Waals surface area (Å²) >= 11 is 0. The van der Waals surface area contributed by atoms with Gasteiger partial charge in [-0.1, -0.05) is 0 Å². The van der Waals surface area contributed by atoms with Crippen molar-refractivity contribution in [1.82, 2.24) is 5.32 Å². The molecule has 2 N–H and O–H groups in total. The van der Waals surface area contributed by atoms with E-state index in [4.69, 9.17) is 9.47 Å². The zero-order chi connectivity index (χ0) is 11.4. The maximum atomic E-state index is 11.9. The number of hydrogen-bond donors (Lipinski definition) is 2. The van der Waals surface area contributed by atoms with E-state index in [1.165, 1.54) is 0 Å². The Kier molecular flexibility index (Phi) is 3.78. The molecule has 92 valence electrons. The Morgan fingerprint density at radius 1 is 1.38 bits per heavy atom. The molecule has 0 radical (unpaired) electrons. The molecule has 1 atom stereocenters. The lowest BCUT2D eigenvalue weighted by Crippen LogP contribution is -2.56. The van der Waals surface area contributed by atoms with Gasteiger partial charge >= 0.3 is 0 Å². The fourth-order valence-electron chi connectivity index (χ4n) is 2.21. The molecule has 0 saturated carbocycles. The molecular weight excluding hydrogens is 210 g/mol. The number of ether oxygens (including phenoxy) is 2. The smallest absolute Gasteiger partial charge is 0.249 e. The van der Waals surface area contributed by atoms with Gasteiger partial charge in [0.15, 0.2) is 0 Å². The Labute approximate surface area is 95.1 Å². The number of carbonyl (C=O) groups excluding carboxylic acids is 1. The van der Waals surface area contributed by atoms with Gasteiger partial charge in [-0.05, 0) is 25.7 Å². The van der Waals surface area contributed by atoms with Crippen LogP contribution in [-0.4, -0.2) is 49.1 Å². The van der Waals surface area contributed by atoms with Crippen molar-refractivity contribution in [3.05, 3.63) is 0 Å². The topological polar surface area (TPSA) is 67.8 Å². The molecule has 2 aliphatic heterocycles. The Bertz CT molecular complexity index is 244. The van der Waals surface area contributed by atoms with E-state index in [0.29, 0.717) is 32.7 Å². The average Bonchev–Trinajstić information content (AvgIpc) is 2.84. The molecule has 0 unspecified atom stereocenters. The van der Waals surface area contributed by atoms with E-state index in [9.17, 15) is 9.90 Å². The van der Waals surface area contributed by atoms with E-state index in [2.05, 4.69) is 5.32 Å². The highest BCUT2D eigenvalue weighted by Gasteiger charge is 2.36. The maximum absolute atomic E-state index is 11.9. The second-order valence-corrected chi connectivity index (χ2v) is 4.54. The van der Waals surface area contributed by atoms with Gasteiger partial charge in [0, 0.05) is 19.8 Å². The summed E-state index contributed by atoms with van der Waals surface area (Å²) in [5.74, 6) is -0.0894. The lowest BCUT2D eigenvalue weighted by molar-refractivity contribution is -0.134. The van der Waals surface area contributed by atoms with Gasteiger partial charge in [-0.15, -0.1) is 0 Å². The normalized spacial score (nSPS) is 28.9. The quantitative estimate of drug-likeness (QED) is 0.704. The van der Waals surface area contributed by atoms with E-state index < -0.39 is 5.54 Å². The number of hydrogen-bond acceptors (Lipinski definition) is 4. The Hall–Kier alpha value is -0.650. The summed E-state index contributed by atoms with van der Waals surface area (Å²) in [5, 5.41) is 12.4. The Morgan fingerprint density at radius 3 is 2.69 bits per heavy atom. The van der Waals surface area contributed by atoms with Crippen LogP contribution in [0.25, 0.3) is 0 Å². The standard InChI is InChI=1S/C11H19NO4/c13-8-11(3-6-15-7-4-11)12-10(14)9-2-1-5-16-9/h9,13H,1-8H2,(H,12,14)/t9-/m1/s1. The van der Waals surface area contributed by atoms with Crippen molar-refractivity contribution in [3.63, 3.8) is 0 Å². The first kappa shape index (κ1) is 11.8. The van der Waals surface area contributed by atoms with Crippen LogP contribution < -0.4 is 5.32 Å². The predicted molar refractivity (Wildman–Crippen MR) is 57.0 cm³/mol. The third-order valence-corrected chi connectivity index (χ3v) is 3.36. The predicted octanol–water partition coefficient (Wildman–Crippen LogP) is -0.177. The fourth-order valence-corrected chi connectivity index (χ4v) is 2.21. The van der Waals surface area contributed by atoms with Gasteiger partial charge in [0.05, 0.1) is 12.1 Å². The molecule has 0 aromatic rings. The third-order valence-electron chi connectivity index (χ3n) is 3.36. The molecule has 0 aromatic carbocycles. The van der Waals surface area contributed by atoms with Crippen molar-refractivity contribution in [2.45, 2.75) is 37.3 Å². The molecule has 2 heterocycles. The SMILES string of the molecule is O=C(NC1(CO)CCOCC1)[C@H]1CCCO1. The van der Waals surface area contributed by atoms with Crippen LogP contribution in [0.1, 0.15) is 25.7 Å². The molecule has 1 amide bonds.